The van der Waals surface area contributed by atoms with E-state index in [0.717, 1.165) is 57.1 Å². The number of carbonyl (C=O) groups is 2. The van der Waals surface area contributed by atoms with E-state index in [4.69, 9.17) is 4.74 Å². The number of unbranched alkanes of at least 4 members (excludes halogenated alkanes) is 4. The molecule has 0 aliphatic carbocycles. The Hall–Kier alpha value is -2.14. The first-order valence-electron chi connectivity index (χ1n) is 11.5. The van der Waals surface area contributed by atoms with Crippen LogP contribution in [0, 0.1) is 0 Å². The second-order valence-corrected chi connectivity index (χ2v) is 8.07. The Kier molecular flexibility index (Phi) is 11.2. The molecule has 2 atom stereocenters. The monoisotopic (exact) mass is 415 g/mol. The van der Waals surface area contributed by atoms with Crippen molar-refractivity contribution in [2.45, 2.75) is 83.3 Å². The van der Waals surface area contributed by atoms with Gasteiger partial charge < -0.3 is 14.7 Å². The molecule has 2 rings (SSSR count). The van der Waals surface area contributed by atoms with Crippen LogP contribution in [0.4, 0.5) is 0 Å². The molecule has 0 aromatic heterocycles. The van der Waals surface area contributed by atoms with Crippen LogP contribution in [0.2, 0.25) is 0 Å². The van der Waals surface area contributed by atoms with Crippen molar-refractivity contribution in [1.82, 2.24) is 4.90 Å². The number of hydrogen-bond donors (Lipinski definition) is 1. The predicted molar refractivity (Wildman–Crippen MR) is 119 cm³/mol. The molecule has 5 nitrogen and oxygen atoms in total. The van der Waals surface area contributed by atoms with E-state index in [-0.39, 0.29) is 17.9 Å². The minimum Gasteiger partial charge on any atom is -0.466 e. The fraction of sp³-hybridized carbons (Fsp3) is 0.600. The molecule has 0 bridgehead atoms. The van der Waals surface area contributed by atoms with Crippen molar-refractivity contribution in [1.29, 1.82) is 0 Å². The summed E-state index contributed by atoms with van der Waals surface area (Å²) in [5.74, 6) is 0.114. The smallest absolute Gasteiger partial charge is 0.305 e. The van der Waals surface area contributed by atoms with Gasteiger partial charge in [0.1, 0.15) is 0 Å². The van der Waals surface area contributed by atoms with Gasteiger partial charge >= 0.3 is 5.97 Å². The molecular weight excluding hydrogens is 378 g/mol. The van der Waals surface area contributed by atoms with Gasteiger partial charge in [-0.3, -0.25) is 9.59 Å². The summed E-state index contributed by atoms with van der Waals surface area (Å²) in [5.41, 5.74) is 1.11. The van der Waals surface area contributed by atoms with Gasteiger partial charge in [-0.05, 0) is 31.2 Å². The minimum atomic E-state index is -0.531. The van der Waals surface area contributed by atoms with Gasteiger partial charge in [-0.15, -0.1) is 0 Å². The van der Waals surface area contributed by atoms with Crippen molar-refractivity contribution in [3.8, 4) is 0 Å². The van der Waals surface area contributed by atoms with Gasteiger partial charge in [0.05, 0.1) is 18.8 Å². The molecule has 166 valence electrons. The molecule has 0 spiro atoms. The lowest BCUT2D eigenvalue weighted by molar-refractivity contribution is -0.143. The van der Waals surface area contributed by atoms with Crippen LogP contribution < -0.4 is 0 Å². The molecule has 1 saturated heterocycles. The summed E-state index contributed by atoms with van der Waals surface area (Å²) in [5, 5.41) is 10.3. The van der Waals surface area contributed by atoms with Gasteiger partial charge in [0.2, 0.25) is 5.91 Å². The number of aliphatic hydroxyl groups is 1. The number of nitrogens with zero attached hydrogens (tertiary/aromatic N) is 1. The van der Waals surface area contributed by atoms with E-state index < -0.39 is 6.10 Å². The predicted octanol–water partition coefficient (Wildman–Crippen LogP) is 4.43. The third kappa shape index (κ3) is 9.12. The molecule has 1 fully saturated rings. The van der Waals surface area contributed by atoms with Gasteiger partial charge in [-0.2, -0.15) is 0 Å². The van der Waals surface area contributed by atoms with Crippen LogP contribution in [-0.2, 0) is 20.7 Å². The zero-order valence-corrected chi connectivity index (χ0v) is 18.3. The van der Waals surface area contributed by atoms with Crippen LogP contribution in [-0.4, -0.2) is 47.2 Å². The summed E-state index contributed by atoms with van der Waals surface area (Å²) in [6, 6.07) is 10.0. The van der Waals surface area contributed by atoms with Gasteiger partial charge in [0.15, 0.2) is 0 Å². The number of ether oxygens (including phenoxy) is 1. The summed E-state index contributed by atoms with van der Waals surface area (Å²) in [7, 11) is 0. The summed E-state index contributed by atoms with van der Waals surface area (Å²) >= 11 is 0. The number of likely N-dealkylation sites (tertiary alicyclic amines) is 1. The Balaban J connectivity index is 1.62. The van der Waals surface area contributed by atoms with E-state index in [1.807, 2.05) is 54.3 Å². The summed E-state index contributed by atoms with van der Waals surface area (Å²) < 4.78 is 5.16. The minimum absolute atomic E-state index is 0.0981. The van der Waals surface area contributed by atoms with Crippen LogP contribution >= 0.6 is 0 Å². The normalized spacial score (nSPS) is 17.6. The zero-order chi connectivity index (χ0) is 21.6. The molecule has 1 heterocycles. The van der Waals surface area contributed by atoms with Crippen LogP contribution in [0.5, 0.6) is 0 Å². The Morgan fingerprint density at radius 1 is 1.20 bits per heavy atom. The standard InChI is InChI=1S/C25H37NO4/c1-2-11-25(29)30-19-10-5-3-4-9-18-26-22(15-17-24(26)28)14-16-23(27)20-21-12-7-6-8-13-21/h6-8,12-14,16,22-23,27H,2-5,9-11,15,17-20H2,1H3/t22-,23+/m0/s1. The van der Waals surface area contributed by atoms with Crippen molar-refractivity contribution in [3.63, 3.8) is 0 Å². The number of aliphatic hydroxyl groups excluding tert-OH is 1. The molecule has 0 saturated carbocycles. The first-order chi connectivity index (χ1) is 14.6. The lowest BCUT2D eigenvalue weighted by atomic mass is 10.1. The van der Waals surface area contributed by atoms with E-state index in [1.165, 1.54) is 0 Å². The first kappa shape index (κ1) is 24.1. The third-order valence-corrected chi connectivity index (χ3v) is 5.48. The molecule has 0 radical (unpaired) electrons. The highest BCUT2D eigenvalue weighted by Crippen LogP contribution is 2.21. The summed E-state index contributed by atoms with van der Waals surface area (Å²) in [4.78, 5) is 25.5. The van der Waals surface area contributed by atoms with E-state index >= 15 is 0 Å². The molecule has 1 N–H and O–H groups in total. The van der Waals surface area contributed by atoms with Crippen LogP contribution in [0.1, 0.15) is 70.3 Å². The fourth-order valence-electron chi connectivity index (χ4n) is 3.80. The Bertz CT molecular complexity index is 658. The van der Waals surface area contributed by atoms with Gasteiger partial charge in [-0.25, -0.2) is 0 Å². The van der Waals surface area contributed by atoms with Gasteiger partial charge in [-0.1, -0.05) is 68.7 Å². The Morgan fingerprint density at radius 2 is 1.93 bits per heavy atom. The van der Waals surface area contributed by atoms with E-state index in [1.54, 1.807) is 0 Å². The number of rotatable bonds is 14. The van der Waals surface area contributed by atoms with Crippen LogP contribution in [0.25, 0.3) is 0 Å². The molecule has 1 aromatic carbocycles. The van der Waals surface area contributed by atoms with E-state index in [0.29, 0.717) is 25.9 Å². The average molecular weight is 416 g/mol. The van der Waals surface area contributed by atoms with Crippen LogP contribution in [0.3, 0.4) is 0 Å². The highest BCUT2D eigenvalue weighted by atomic mass is 16.5. The topological polar surface area (TPSA) is 66.8 Å². The van der Waals surface area contributed by atoms with Crippen molar-refractivity contribution in [2.75, 3.05) is 13.2 Å². The quantitative estimate of drug-likeness (QED) is 0.277. The molecule has 1 aromatic rings. The Labute approximate surface area is 181 Å². The van der Waals surface area contributed by atoms with Crippen LogP contribution in [0.15, 0.2) is 42.5 Å². The van der Waals surface area contributed by atoms with Crippen molar-refractivity contribution in [3.05, 3.63) is 48.0 Å². The fourth-order valence-corrected chi connectivity index (χ4v) is 3.80. The zero-order valence-electron chi connectivity index (χ0n) is 18.3. The Morgan fingerprint density at radius 3 is 2.70 bits per heavy atom. The number of carbonyl (C=O) groups excluding carboxylic acids is 2. The summed E-state index contributed by atoms with van der Waals surface area (Å²) in [6.07, 6.45) is 11.7. The molecule has 0 unspecified atom stereocenters. The van der Waals surface area contributed by atoms with Gasteiger partial charge in [0, 0.05) is 25.8 Å². The molecule has 1 aliphatic rings. The molecule has 5 heteroatoms. The largest absolute Gasteiger partial charge is 0.466 e. The lowest BCUT2D eigenvalue weighted by Crippen LogP contribution is -2.32. The second-order valence-electron chi connectivity index (χ2n) is 8.07. The highest BCUT2D eigenvalue weighted by molar-refractivity contribution is 5.79. The van der Waals surface area contributed by atoms with Crippen molar-refractivity contribution >= 4 is 11.9 Å². The van der Waals surface area contributed by atoms with Gasteiger partial charge in [0.25, 0.3) is 0 Å². The average Bonchev–Trinajstić information content (AvgIpc) is 3.09. The molecule has 1 aliphatic heterocycles. The molecule has 1 amide bonds. The first-order valence-corrected chi connectivity index (χ1v) is 11.5. The second kappa shape index (κ2) is 14.0. The maximum absolute atomic E-state index is 12.2. The lowest BCUT2D eigenvalue weighted by Gasteiger charge is -2.22. The maximum Gasteiger partial charge on any atom is 0.305 e. The summed E-state index contributed by atoms with van der Waals surface area (Å²) in [6.45, 7) is 3.26. The molecular formula is C25H37NO4. The number of hydrogen-bond acceptors (Lipinski definition) is 4. The van der Waals surface area contributed by atoms with Crippen molar-refractivity contribution < 1.29 is 19.4 Å². The molecule has 30 heavy (non-hydrogen) atoms. The third-order valence-electron chi connectivity index (χ3n) is 5.48. The van der Waals surface area contributed by atoms with E-state index in [2.05, 4.69) is 0 Å². The number of benzene rings is 1. The number of amides is 1. The maximum atomic E-state index is 12.2. The van der Waals surface area contributed by atoms with E-state index in [9.17, 15) is 14.7 Å². The van der Waals surface area contributed by atoms with Crippen molar-refractivity contribution in [2.24, 2.45) is 0 Å². The number of esters is 1. The highest BCUT2D eigenvalue weighted by Gasteiger charge is 2.28. The SMILES string of the molecule is CCCC(=O)OCCCCCCCN1C(=O)CC[C@@H]1C=C[C@@H](O)Cc1ccccc1.